The Labute approximate surface area is 185 Å². The van der Waals surface area contributed by atoms with Crippen LogP contribution in [0, 0.1) is 5.92 Å². The molecule has 8 nitrogen and oxygen atoms in total. The highest BCUT2D eigenvalue weighted by atomic mass is 32.2. The number of anilines is 1. The standard InChI is InChI=1S/C21H26N2O6S2/c1-3-29-20(25)18-13-30-21(22-18)23-19(24)17(12-14-8-10-28-11-9-14)15-4-6-16(7-5-15)31(2,26)27/h4-7,13-14,17H,3,8-12H2,1-2H3,(H,22,23,24). The molecular weight excluding hydrogens is 440 g/mol. The van der Waals surface area contributed by atoms with Crippen molar-refractivity contribution in [2.45, 2.75) is 37.0 Å². The van der Waals surface area contributed by atoms with Gasteiger partial charge in [0.15, 0.2) is 20.7 Å². The number of thiazole rings is 1. The Balaban J connectivity index is 1.80. The number of aromatic nitrogens is 1. The third-order valence-corrected chi connectivity index (χ3v) is 7.04. The molecule has 2 heterocycles. The van der Waals surface area contributed by atoms with Gasteiger partial charge in [0, 0.05) is 24.8 Å². The van der Waals surface area contributed by atoms with Crippen molar-refractivity contribution in [1.82, 2.24) is 4.98 Å². The number of sulfone groups is 1. The molecule has 0 spiro atoms. The molecule has 10 heteroatoms. The Bertz CT molecular complexity index is 1010. The van der Waals surface area contributed by atoms with E-state index in [2.05, 4.69) is 10.3 Å². The summed E-state index contributed by atoms with van der Waals surface area (Å²) < 4.78 is 33.9. The quantitative estimate of drug-likeness (QED) is 0.594. The average molecular weight is 467 g/mol. The molecular formula is C21H26N2O6S2. The first-order valence-corrected chi connectivity index (χ1v) is 12.9. The molecule has 2 aromatic rings. The van der Waals surface area contributed by atoms with Crippen LogP contribution in [0.4, 0.5) is 5.13 Å². The highest BCUT2D eigenvalue weighted by Crippen LogP contribution is 2.31. The molecule has 1 amide bonds. The minimum atomic E-state index is -3.32. The predicted octanol–water partition coefficient (Wildman–Crippen LogP) is 3.26. The molecule has 1 aliphatic rings. The van der Waals surface area contributed by atoms with Gasteiger partial charge >= 0.3 is 5.97 Å². The molecule has 0 aliphatic carbocycles. The van der Waals surface area contributed by atoms with Crippen LogP contribution < -0.4 is 5.32 Å². The normalized spacial score (nSPS) is 15.9. The molecule has 1 N–H and O–H groups in total. The van der Waals surface area contributed by atoms with Crippen LogP contribution in [0.5, 0.6) is 0 Å². The topological polar surface area (TPSA) is 112 Å². The number of nitrogens with zero attached hydrogens (tertiary/aromatic N) is 1. The van der Waals surface area contributed by atoms with Gasteiger partial charge in [-0.2, -0.15) is 0 Å². The number of esters is 1. The van der Waals surface area contributed by atoms with E-state index in [9.17, 15) is 18.0 Å². The van der Waals surface area contributed by atoms with Crippen LogP contribution in [0.15, 0.2) is 34.5 Å². The van der Waals surface area contributed by atoms with Crippen LogP contribution in [0.25, 0.3) is 0 Å². The zero-order valence-corrected chi connectivity index (χ0v) is 19.1. The van der Waals surface area contributed by atoms with Crippen LogP contribution in [-0.2, 0) is 24.1 Å². The van der Waals surface area contributed by atoms with Crippen molar-refractivity contribution in [2.75, 3.05) is 31.4 Å². The van der Waals surface area contributed by atoms with Gasteiger partial charge in [-0.25, -0.2) is 18.2 Å². The zero-order valence-electron chi connectivity index (χ0n) is 17.5. The predicted molar refractivity (Wildman–Crippen MR) is 117 cm³/mol. The summed E-state index contributed by atoms with van der Waals surface area (Å²) in [4.78, 5) is 29.3. The monoisotopic (exact) mass is 466 g/mol. The molecule has 0 saturated carbocycles. The molecule has 0 bridgehead atoms. The van der Waals surface area contributed by atoms with E-state index in [1.54, 1.807) is 24.4 Å². The molecule has 1 atom stereocenters. The Hall–Kier alpha value is -2.30. The Kier molecular flexibility index (Phi) is 7.79. The van der Waals surface area contributed by atoms with Crippen molar-refractivity contribution in [3.05, 3.63) is 40.9 Å². The van der Waals surface area contributed by atoms with Gasteiger partial charge in [-0.3, -0.25) is 4.79 Å². The summed E-state index contributed by atoms with van der Waals surface area (Å²) in [6.45, 7) is 3.29. The molecule has 1 fully saturated rings. The fourth-order valence-corrected chi connectivity index (χ4v) is 4.79. The highest BCUT2D eigenvalue weighted by Gasteiger charge is 2.27. The minimum Gasteiger partial charge on any atom is -0.461 e. The summed E-state index contributed by atoms with van der Waals surface area (Å²) in [6, 6.07) is 6.42. The summed E-state index contributed by atoms with van der Waals surface area (Å²) in [5.41, 5.74) is 0.888. The van der Waals surface area contributed by atoms with E-state index in [1.165, 1.54) is 12.1 Å². The van der Waals surface area contributed by atoms with Gasteiger partial charge in [0.1, 0.15) is 0 Å². The van der Waals surface area contributed by atoms with E-state index < -0.39 is 21.7 Å². The van der Waals surface area contributed by atoms with Crippen molar-refractivity contribution in [1.29, 1.82) is 0 Å². The molecule has 31 heavy (non-hydrogen) atoms. The van der Waals surface area contributed by atoms with Crippen molar-refractivity contribution >= 4 is 38.2 Å². The number of benzene rings is 1. The first kappa shape index (κ1) is 23.4. The third-order valence-electron chi connectivity index (χ3n) is 5.16. The van der Waals surface area contributed by atoms with Gasteiger partial charge in [-0.1, -0.05) is 12.1 Å². The number of carbonyl (C=O) groups excluding carboxylic acids is 2. The van der Waals surface area contributed by atoms with Crippen molar-refractivity contribution in [3.63, 3.8) is 0 Å². The van der Waals surface area contributed by atoms with Gasteiger partial charge in [-0.15, -0.1) is 11.3 Å². The summed E-state index contributed by atoms with van der Waals surface area (Å²) in [6.07, 6.45) is 3.51. The molecule has 168 valence electrons. The van der Waals surface area contributed by atoms with Crippen molar-refractivity contribution in [3.8, 4) is 0 Å². The van der Waals surface area contributed by atoms with Crippen LogP contribution in [-0.4, -0.2) is 51.4 Å². The second-order valence-electron chi connectivity index (χ2n) is 7.43. The number of carbonyl (C=O) groups is 2. The number of hydrogen-bond acceptors (Lipinski definition) is 8. The summed E-state index contributed by atoms with van der Waals surface area (Å²) in [5.74, 6) is -0.935. The molecule has 1 unspecified atom stereocenters. The Morgan fingerprint density at radius 1 is 1.26 bits per heavy atom. The third kappa shape index (κ3) is 6.34. The second kappa shape index (κ2) is 10.3. The Morgan fingerprint density at radius 2 is 1.94 bits per heavy atom. The lowest BCUT2D eigenvalue weighted by Gasteiger charge is -2.26. The maximum absolute atomic E-state index is 13.2. The SMILES string of the molecule is CCOC(=O)c1csc(NC(=O)C(CC2CCOCC2)c2ccc(S(C)(=O)=O)cc2)n1. The molecule has 0 radical (unpaired) electrons. The molecule has 1 aromatic carbocycles. The Morgan fingerprint density at radius 3 is 2.55 bits per heavy atom. The number of rotatable bonds is 8. The van der Waals surface area contributed by atoms with Gasteiger partial charge in [0.05, 0.1) is 17.4 Å². The lowest BCUT2D eigenvalue weighted by atomic mass is 9.84. The van der Waals surface area contributed by atoms with Crippen LogP contribution >= 0.6 is 11.3 Å². The first-order valence-electron chi connectivity index (χ1n) is 10.1. The molecule has 1 saturated heterocycles. The molecule has 1 aliphatic heterocycles. The number of nitrogens with one attached hydrogen (secondary N) is 1. The summed E-state index contributed by atoms with van der Waals surface area (Å²) in [7, 11) is -3.32. The van der Waals surface area contributed by atoms with Crippen LogP contribution in [0.3, 0.4) is 0 Å². The van der Waals surface area contributed by atoms with Crippen molar-refractivity contribution < 1.29 is 27.5 Å². The smallest absolute Gasteiger partial charge is 0.357 e. The maximum atomic E-state index is 13.2. The fraction of sp³-hybridized carbons (Fsp3) is 0.476. The minimum absolute atomic E-state index is 0.153. The zero-order chi connectivity index (χ0) is 22.4. The number of hydrogen-bond donors (Lipinski definition) is 1. The molecule has 1 aromatic heterocycles. The van der Waals surface area contributed by atoms with E-state index in [4.69, 9.17) is 9.47 Å². The van der Waals surface area contributed by atoms with E-state index in [1.807, 2.05) is 0 Å². The van der Waals surface area contributed by atoms with Gasteiger partial charge in [0.25, 0.3) is 0 Å². The summed E-state index contributed by atoms with van der Waals surface area (Å²) >= 11 is 1.15. The van der Waals surface area contributed by atoms with Crippen molar-refractivity contribution in [2.24, 2.45) is 5.92 Å². The van der Waals surface area contributed by atoms with Crippen LogP contribution in [0.2, 0.25) is 0 Å². The highest BCUT2D eigenvalue weighted by molar-refractivity contribution is 7.90. The summed E-state index contributed by atoms with van der Waals surface area (Å²) in [5, 5.41) is 4.66. The maximum Gasteiger partial charge on any atom is 0.357 e. The first-order chi connectivity index (χ1) is 14.8. The molecule has 3 rings (SSSR count). The van der Waals surface area contributed by atoms with E-state index in [-0.39, 0.29) is 23.1 Å². The lowest BCUT2D eigenvalue weighted by Crippen LogP contribution is -2.26. The lowest BCUT2D eigenvalue weighted by molar-refractivity contribution is -0.118. The fourth-order valence-electron chi connectivity index (χ4n) is 3.48. The number of amides is 1. The van der Waals surface area contributed by atoms with E-state index >= 15 is 0 Å². The van der Waals surface area contributed by atoms with Gasteiger partial charge in [0.2, 0.25) is 5.91 Å². The van der Waals surface area contributed by atoms with Gasteiger partial charge in [-0.05, 0) is 49.8 Å². The van der Waals surface area contributed by atoms with Crippen LogP contribution in [0.1, 0.15) is 48.2 Å². The van der Waals surface area contributed by atoms with Gasteiger partial charge < -0.3 is 14.8 Å². The van der Waals surface area contributed by atoms with E-state index in [0.29, 0.717) is 30.7 Å². The largest absolute Gasteiger partial charge is 0.461 e. The van der Waals surface area contributed by atoms with E-state index in [0.717, 1.165) is 36.0 Å². The average Bonchev–Trinajstić information content (AvgIpc) is 3.21. The second-order valence-corrected chi connectivity index (χ2v) is 10.3. The number of ether oxygens (including phenoxy) is 2.